The van der Waals surface area contributed by atoms with E-state index in [1.807, 2.05) is 0 Å². The highest BCUT2D eigenvalue weighted by Crippen LogP contribution is 2.30. The van der Waals surface area contributed by atoms with Gasteiger partial charge in [0.05, 0.1) is 15.6 Å². The topological polar surface area (TPSA) is 66.5 Å². The number of carbonyl (C=O) groups excluding carboxylic acids is 1. The van der Waals surface area contributed by atoms with Crippen molar-refractivity contribution in [3.63, 3.8) is 0 Å². The van der Waals surface area contributed by atoms with Crippen LogP contribution in [-0.4, -0.2) is 20.9 Å². The Morgan fingerprint density at radius 2 is 2.00 bits per heavy atom. The van der Waals surface area contributed by atoms with E-state index in [1.165, 1.54) is 25.1 Å². The first kappa shape index (κ1) is 17.7. The van der Waals surface area contributed by atoms with Crippen molar-refractivity contribution in [2.75, 3.05) is 16.2 Å². The van der Waals surface area contributed by atoms with Crippen molar-refractivity contribution in [2.45, 2.75) is 24.7 Å². The van der Waals surface area contributed by atoms with Gasteiger partial charge in [-0.05, 0) is 54.8 Å². The molecule has 25 heavy (non-hydrogen) atoms. The number of aryl methyl sites for hydroxylation is 1. The lowest BCUT2D eigenvalue weighted by Crippen LogP contribution is -2.33. The summed E-state index contributed by atoms with van der Waals surface area (Å²) in [5.74, 6) is -0.696. The van der Waals surface area contributed by atoms with E-state index in [0.29, 0.717) is 13.0 Å². The molecule has 0 bridgehead atoms. The number of nitrogens with zero attached hydrogens (tertiary/aromatic N) is 1. The summed E-state index contributed by atoms with van der Waals surface area (Å²) in [6.45, 7) is 2.11. The third-order valence-corrected chi connectivity index (χ3v) is 5.70. The minimum atomic E-state index is -3.85. The van der Waals surface area contributed by atoms with Gasteiger partial charge in [-0.3, -0.25) is 9.52 Å². The van der Waals surface area contributed by atoms with E-state index in [0.717, 1.165) is 23.7 Å². The maximum Gasteiger partial charge on any atom is 0.261 e. The first-order valence-corrected chi connectivity index (χ1v) is 9.53. The zero-order chi connectivity index (χ0) is 18.2. The molecule has 0 unspecified atom stereocenters. The van der Waals surface area contributed by atoms with E-state index in [4.69, 9.17) is 11.6 Å². The Morgan fingerprint density at radius 3 is 2.68 bits per heavy atom. The highest BCUT2D eigenvalue weighted by molar-refractivity contribution is 7.92. The van der Waals surface area contributed by atoms with Crippen LogP contribution in [0.1, 0.15) is 18.9 Å². The fourth-order valence-corrected chi connectivity index (χ4v) is 4.12. The lowest BCUT2D eigenvalue weighted by atomic mass is 10.0. The Hall–Kier alpha value is -2.12. The summed E-state index contributed by atoms with van der Waals surface area (Å²) in [7, 11) is -3.85. The second-order valence-electron chi connectivity index (χ2n) is 5.80. The molecule has 0 radical (unpaired) electrons. The third-order valence-electron chi connectivity index (χ3n) is 4.03. The minimum absolute atomic E-state index is 0.0735. The molecule has 0 aromatic heterocycles. The Bertz CT molecular complexity index is 947. The van der Waals surface area contributed by atoms with Crippen LogP contribution in [0.5, 0.6) is 0 Å². The third kappa shape index (κ3) is 3.62. The van der Waals surface area contributed by atoms with E-state index in [9.17, 15) is 17.6 Å². The number of carbonyl (C=O) groups is 1. The van der Waals surface area contributed by atoms with Crippen LogP contribution in [0.2, 0.25) is 5.02 Å². The number of fused-ring (bicyclic) bond motifs is 1. The van der Waals surface area contributed by atoms with Gasteiger partial charge >= 0.3 is 0 Å². The van der Waals surface area contributed by atoms with Crippen LogP contribution in [-0.2, 0) is 21.2 Å². The van der Waals surface area contributed by atoms with Crippen molar-refractivity contribution in [3.05, 3.63) is 52.8 Å². The van der Waals surface area contributed by atoms with E-state index in [1.54, 1.807) is 17.0 Å². The number of hydrogen-bond acceptors (Lipinski definition) is 3. The predicted molar refractivity (Wildman–Crippen MR) is 95.0 cm³/mol. The van der Waals surface area contributed by atoms with Crippen LogP contribution in [0.3, 0.4) is 0 Å². The van der Waals surface area contributed by atoms with Gasteiger partial charge in [0.15, 0.2) is 0 Å². The summed E-state index contributed by atoms with van der Waals surface area (Å²) in [5, 5.41) is -0.164. The molecular formula is C17H16ClFN2O3S. The average Bonchev–Trinajstić information content (AvgIpc) is 2.56. The van der Waals surface area contributed by atoms with Gasteiger partial charge in [0.2, 0.25) is 5.91 Å². The molecule has 5 nitrogen and oxygen atoms in total. The molecule has 0 fully saturated rings. The normalized spacial score (nSPS) is 14.1. The second kappa shape index (κ2) is 6.65. The fourth-order valence-electron chi connectivity index (χ4n) is 2.84. The molecule has 8 heteroatoms. The van der Waals surface area contributed by atoms with Gasteiger partial charge < -0.3 is 4.90 Å². The number of rotatable bonds is 3. The Labute approximate surface area is 150 Å². The Balaban J connectivity index is 1.92. The number of sulfonamides is 1. The Morgan fingerprint density at radius 1 is 1.24 bits per heavy atom. The van der Waals surface area contributed by atoms with Gasteiger partial charge in [0.1, 0.15) is 5.82 Å². The van der Waals surface area contributed by atoms with E-state index in [2.05, 4.69) is 4.72 Å². The lowest BCUT2D eigenvalue weighted by molar-refractivity contribution is -0.116. The van der Waals surface area contributed by atoms with Gasteiger partial charge in [-0.2, -0.15) is 0 Å². The summed E-state index contributed by atoms with van der Waals surface area (Å²) < 4.78 is 40.7. The summed E-state index contributed by atoms with van der Waals surface area (Å²) in [4.78, 5) is 13.4. The van der Waals surface area contributed by atoms with Crippen molar-refractivity contribution < 1.29 is 17.6 Å². The monoisotopic (exact) mass is 382 g/mol. The summed E-state index contributed by atoms with van der Waals surface area (Å²) >= 11 is 5.68. The maximum atomic E-state index is 13.2. The zero-order valence-electron chi connectivity index (χ0n) is 13.4. The van der Waals surface area contributed by atoms with Gasteiger partial charge in [0, 0.05) is 19.2 Å². The van der Waals surface area contributed by atoms with Crippen LogP contribution in [0, 0.1) is 5.82 Å². The lowest BCUT2D eigenvalue weighted by Gasteiger charge is -2.28. The molecule has 3 rings (SSSR count). The van der Waals surface area contributed by atoms with Crippen molar-refractivity contribution in [3.8, 4) is 0 Å². The molecule has 0 spiro atoms. The number of anilines is 2. The molecule has 1 N–H and O–H groups in total. The van der Waals surface area contributed by atoms with E-state index < -0.39 is 15.8 Å². The SMILES string of the molecule is CC(=O)N1CCCc2cc(S(=O)(=O)Nc3ccc(F)c(Cl)c3)ccc21. The van der Waals surface area contributed by atoms with Crippen molar-refractivity contribution >= 4 is 38.9 Å². The largest absolute Gasteiger partial charge is 0.312 e. The molecule has 2 aromatic carbocycles. The van der Waals surface area contributed by atoms with Crippen molar-refractivity contribution in [1.82, 2.24) is 0 Å². The molecule has 1 aliphatic heterocycles. The first-order valence-electron chi connectivity index (χ1n) is 7.67. The molecule has 0 aliphatic carbocycles. The smallest absolute Gasteiger partial charge is 0.261 e. The molecule has 2 aromatic rings. The quantitative estimate of drug-likeness (QED) is 0.882. The van der Waals surface area contributed by atoms with Gasteiger partial charge in [-0.25, -0.2) is 12.8 Å². The van der Waals surface area contributed by atoms with Crippen LogP contribution in [0.25, 0.3) is 0 Å². The maximum absolute atomic E-state index is 13.2. The van der Waals surface area contributed by atoms with Gasteiger partial charge in [-0.1, -0.05) is 11.6 Å². The zero-order valence-corrected chi connectivity index (χ0v) is 15.0. The number of halogens is 2. The van der Waals surface area contributed by atoms with Crippen LogP contribution in [0.4, 0.5) is 15.8 Å². The molecule has 0 atom stereocenters. The summed E-state index contributed by atoms with van der Waals surface area (Å²) in [5.41, 5.74) is 1.72. The molecule has 1 heterocycles. The standard InChI is InChI=1S/C17H16ClFN2O3S/c1-11(22)21-8-2-3-12-9-14(5-7-17(12)21)25(23,24)20-13-4-6-16(19)15(18)10-13/h4-7,9-10,20H,2-3,8H2,1H3. The number of nitrogens with one attached hydrogen (secondary N) is 1. The predicted octanol–water partition coefficient (Wildman–Crippen LogP) is 3.58. The number of benzene rings is 2. The van der Waals surface area contributed by atoms with Crippen LogP contribution in [0.15, 0.2) is 41.3 Å². The first-order chi connectivity index (χ1) is 11.8. The number of amides is 1. The molecule has 132 valence electrons. The second-order valence-corrected chi connectivity index (χ2v) is 7.89. The molecule has 1 aliphatic rings. The van der Waals surface area contributed by atoms with Gasteiger partial charge in [0.25, 0.3) is 10.0 Å². The van der Waals surface area contributed by atoms with Gasteiger partial charge in [-0.15, -0.1) is 0 Å². The van der Waals surface area contributed by atoms with Crippen molar-refractivity contribution in [1.29, 1.82) is 0 Å². The Kier molecular flexibility index (Phi) is 4.71. The van der Waals surface area contributed by atoms with Crippen molar-refractivity contribution in [2.24, 2.45) is 0 Å². The molecule has 1 amide bonds. The number of hydrogen-bond donors (Lipinski definition) is 1. The molecule has 0 saturated carbocycles. The highest BCUT2D eigenvalue weighted by Gasteiger charge is 2.23. The summed E-state index contributed by atoms with van der Waals surface area (Å²) in [6.07, 6.45) is 1.47. The van der Waals surface area contributed by atoms with E-state index >= 15 is 0 Å². The molecular weight excluding hydrogens is 367 g/mol. The van der Waals surface area contributed by atoms with Crippen LogP contribution < -0.4 is 9.62 Å². The highest BCUT2D eigenvalue weighted by atomic mass is 35.5. The fraction of sp³-hybridized carbons (Fsp3) is 0.235. The van der Waals surface area contributed by atoms with E-state index in [-0.39, 0.29) is 21.5 Å². The average molecular weight is 383 g/mol. The summed E-state index contributed by atoms with van der Waals surface area (Å²) in [6, 6.07) is 8.27. The minimum Gasteiger partial charge on any atom is -0.312 e. The van der Waals surface area contributed by atoms with Crippen LogP contribution >= 0.6 is 11.6 Å². The molecule has 0 saturated heterocycles.